The highest BCUT2D eigenvalue weighted by Crippen LogP contribution is 2.45. The van der Waals surface area contributed by atoms with Gasteiger partial charge >= 0.3 is 0 Å². The number of nitrogens with one attached hydrogen (secondary N) is 1. The molecule has 3 heterocycles. The molecule has 1 aromatic rings. The van der Waals surface area contributed by atoms with E-state index in [0.29, 0.717) is 18.5 Å². The molecule has 8 heteroatoms. The molecule has 1 amide bonds. The van der Waals surface area contributed by atoms with E-state index < -0.39 is 17.2 Å². The number of rotatable bonds is 7. The molecule has 0 aromatic heterocycles. The molecule has 5 rings (SSSR count). The summed E-state index contributed by atoms with van der Waals surface area (Å²) < 4.78 is 6.14. The van der Waals surface area contributed by atoms with Crippen LogP contribution < -0.4 is 11.1 Å². The Morgan fingerprint density at radius 2 is 2.05 bits per heavy atom. The zero-order valence-corrected chi connectivity index (χ0v) is 24.0. The van der Waals surface area contributed by atoms with Crippen molar-refractivity contribution in [2.24, 2.45) is 22.6 Å². The molecule has 5 atom stereocenters. The fourth-order valence-corrected chi connectivity index (χ4v) is 6.35. The first-order valence-corrected chi connectivity index (χ1v) is 14.1. The fraction of sp³-hybridized carbons (Fsp3) is 0.581. The number of aryl methyl sites for hydroxylation is 1. The van der Waals surface area contributed by atoms with E-state index in [9.17, 15) is 14.7 Å². The van der Waals surface area contributed by atoms with Gasteiger partial charge in [-0.1, -0.05) is 31.2 Å². The molecule has 4 N–H and O–H groups in total. The topological polar surface area (TPSA) is 127 Å². The molecule has 8 nitrogen and oxygen atoms in total. The quantitative estimate of drug-likeness (QED) is 0.363. The van der Waals surface area contributed by atoms with E-state index in [-0.39, 0.29) is 41.6 Å². The molecule has 3 aliphatic heterocycles. The van der Waals surface area contributed by atoms with E-state index in [1.54, 1.807) is 4.90 Å². The predicted molar refractivity (Wildman–Crippen MR) is 151 cm³/mol. The van der Waals surface area contributed by atoms with E-state index in [2.05, 4.69) is 29.4 Å². The van der Waals surface area contributed by atoms with Crippen LogP contribution in [0.15, 0.2) is 46.7 Å². The van der Waals surface area contributed by atoms with E-state index >= 15 is 0 Å². The molecule has 1 aliphatic carbocycles. The zero-order valence-electron chi connectivity index (χ0n) is 24.0. The summed E-state index contributed by atoms with van der Waals surface area (Å²) in [5, 5.41) is 14.5. The second-order valence-corrected chi connectivity index (χ2v) is 12.9. The first-order valence-electron chi connectivity index (χ1n) is 14.1. The third-order valence-electron chi connectivity index (χ3n) is 8.52. The number of carbonyl (C=O) groups is 2. The summed E-state index contributed by atoms with van der Waals surface area (Å²) in [6, 6.07) is 5.42. The van der Waals surface area contributed by atoms with Crippen molar-refractivity contribution in [3.8, 4) is 0 Å². The number of aliphatic imine (C=N–C) groups is 1. The van der Waals surface area contributed by atoms with Gasteiger partial charge in [0.15, 0.2) is 11.7 Å². The number of amides is 1. The molecule has 0 radical (unpaired) electrons. The Labute approximate surface area is 231 Å². The molecule has 1 aromatic carbocycles. The number of hydrogen-bond donors (Lipinski definition) is 3. The lowest BCUT2D eigenvalue weighted by Crippen LogP contribution is -2.51. The van der Waals surface area contributed by atoms with E-state index in [1.165, 1.54) is 0 Å². The largest absolute Gasteiger partial charge is 0.489 e. The molecule has 0 saturated carbocycles. The summed E-state index contributed by atoms with van der Waals surface area (Å²) in [5.74, 6) is 1.27. The molecule has 0 bridgehead atoms. The lowest BCUT2D eigenvalue weighted by Gasteiger charge is -2.43. The molecule has 1 saturated heterocycles. The maximum Gasteiger partial charge on any atom is 0.231 e. The van der Waals surface area contributed by atoms with Crippen LogP contribution in [0.25, 0.3) is 0 Å². The number of hydrogen-bond acceptors (Lipinski definition) is 7. The highest BCUT2D eigenvalue weighted by Gasteiger charge is 2.56. The Kier molecular flexibility index (Phi) is 7.00. The lowest BCUT2D eigenvalue weighted by molar-refractivity contribution is -0.129. The molecule has 2 unspecified atom stereocenters. The second kappa shape index (κ2) is 9.89. The molecular formula is C31H42N4O4. The average Bonchev–Trinajstić information content (AvgIpc) is 3.62. The summed E-state index contributed by atoms with van der Waals surface area (Å²) >= 11 is 0. The van der Waals surface area contributed by atoms with Gasteiger partial charge in [0.05, 0.1) is 18.0 Å². The second-order valence-electron chi connectivity index (χ2n) is 12.9. The van der Waals surface area contributed by atoms with Gasteiger partial charge in [0.1, 0.15) is 17.5 Å². The van der Waals surface area contributed by atoms with Crippen LogP contribution >= 0.6 is 0 Å². The van der Waals surface area contributed by atoms with Crippen molar-refractivity contribution in [1.82, 2.24) is 10.2 Å². The lowest BCUT2D eigenvalue weighted by atomic mass is 9.76. The number of nitrogens with two attached hydrogens (primary N) is 1. The SMILES string of the molecule is Cc1cc(C(=O)C2NC2[C@@H]2C3=C(CCC=C3)OC(C)(C)[C@H]2O)ccc1C[C@H](C)CN1C(=O)CC(C)(C)N=C1N. The third-order valence-corrected chi connectivity index (χ3v) is 8.52. The van der Waals surface area contributed by atoms with Gasteiger partial charge in [-0.2, -0.15) is 0 Å². The number of benzene rings is 1. The average molecular weight is 535 g/mol. The van der Waals surface area contributed by atoms with E-state index in [1.807, 2.05) is 52.8 Å². The Balaban J connectivity index is 1.25. The summed E-state index contributed by atoms with van der Waals surface area (Å²) in [6.07, 6.45) is 6.33. The highest BCUT2D eigenvalue weighted by atomic mass is 16.5. The smallest absolute Gasteiger partial charge is 0.231 e. The fourth-order valence-electron chi connectivity index (χ4n) is 6.35. The van der Waals surface area contributed by atoms with E-state index in [4.69, 9.17) is 10.5 Å². The molecule has 4 aliphatic rings. The summed E-state index contributed by atoms with van der Waals surface area (Å²) in [4.78, 5) is 32.2. The normalized spacial score (nSPS) is 29.9. The summed E-state index contributed by atoms with van der Waals surface area (Å²) in [6.45, 7) is 12.3. The minimum Gasteiger partial charge on any atom is -0.489 e. The Morgan fingerprint density at radius 3 is 2.74 bits per heavy atom. The van der Waals surface area contributed by atoms with Gasteiger partial charge < -0.3 is 20.9 Å². The molecule has 1 fully saturated rings. The number of carbonyl (C=O) groups excluding carboxylic acids is 2. The highest BCUT2D eigenvalue weighted by molar-refractivity contribution is 6.03. The summed E-state index contributed by atoms with van der Waals surface area (Å²) in [7, 11) is 0. The number of ether oxygens (including phenoxy) is 1. The first-order chi connectivity index (χ1) is 18.3. The van der Waals surface area contributed by atoms with Crippen molar-refractivity contribution in [1.29, 1.82) is 0 Å². The van der Waals surface area contributed by atoms with Gasteiger partial charge in [-0.05, 0) is 76.1 Å². The predicted octanol–water partition coefficient (Wildman–Crippen LogP) is 3.41. The Bertz CT molecular complexity index is 1280. The number of allylic oxidation sites excluding steroid dienone is 3. The van der Waals surface area contributed by atoms with Crippen LogP contribution in [0.3, 0.4) is 0 Å². The van der Waals surface area contributed by atoms with Crippen LogP contribution in [-0.2, 0) is 16.0 Å². The van der Waals surface area contributed by atoms with Crippen LogP contribution in [0.5, 0.6) is 0 Å². The first kappa shape index (κ1) is 27.6. The van der Waals surface area contributed by atoms with Crippen molar-refractivity contribution in [3.63, 3.8) is 0 Å². The van der Waals surface area contributed by atoms with Gasteiger partial charge in [-0.3, -0.25) is 14.5 Å². The maximum atomic E-state index is 13.5. The van der Waals surface area contributed by atoms with Crippen LogP contribution in [-0.4, -0.2) is 63.5 Å². The monoisotopic (exact) mass is 534 g/mol. The Morgan fingerprint density at radius 1 is 1.31 bits per heavy atom. The number of aliphatic hydroxyl groups is 1. The number of guanidine groups is 1. The van der Waals surface area contributed by atoms with Crippen molar-refractivity contribution in [3.05, 3.63) is 58.4 Å². The maximum absolute atomic E-state index is 13.5. The third kappa shape index (κ3) is 5.41. The van der Waals surface area contributed by atoms with Gasteiger partial charge in [0, 0.05) is 30.5 Å². The minimum atomic E-state index is -0.711. The van der Waals surface area contributed by atoms with Gasteiger partial charge in [0.25, 0.3) is 0 Å². The van der Waals surface area contributed by atoms with Crippen LogP contribution in [0.1, 0.15) is 75.4 Å². The van der Waals surface area contributed by atoms with E-state index in [0.717, 1.165) is 41.7 Å². The van der Waals surface area contributed by atoms with Crippen molar-refractivity contribution in [2.75, 3.05) is 6.54 Å². The minimum absolute atomic E-state index is 0.00754. The number of ketones is 1. The van der Waals surface area contributed by atoms with Crippen molar-refractivity contribution in [2.45, 2.75) is 96.6 Å². The number of Topliss-reactive ketones (excluding diaryl/α,β-unsaturated/α-hetero) is 1. The molecular weight excluding hydrogens is 492 g/mol. The standard InChI is InChI=1S/C31H42N4O4/c1-17(16-35-23(36)15-30(3,4)34-29(35)32)13-19-11-12-20(14-18(19)2)27(37)26-25(33-26)24-21-9-7-8-10-22(21)39-31(5,6)28(24)38/h7,9,11-12,14,17,24-26,28,33,38H,8,10,13,15-16H2,1-6H3,(H2,32,34)/t17-,24-,25?,26?,28-/m0/s1. The van der Waals surface area contributed by atoms with Crippen LogP contribution in [0.4, 0.5) is 0 Å². The van der Waals surface area contributed by atoms with Crippen molar-refractivity contribution >= 4 is 17.6 Å². The van der Waals surface area contributed by atoms with Crippen LogP contribution in [0, 0.1) is 18.8 Å². The number of nitrogens with zero attached hydrogens (tertiary/aromatic N) is 2. The molecule has 0 spiro atoms. The van der Waals surface area contributed by atoms with Gasteiger partial charge in [-0.15, -0.1) is 0 Å². The van der Waals surface area contributed by atoms with Gasteiger partial charge in [-0.25, -0.2) is 4.99 Å². The molecule has 210 valence electrons. The summed E-state index contributed by atoms with van der Waals surface area (Å²) in [5.41, 5.74) is 8.83. The van der Waals surface area contributed by atoms with Crippen LogP contribution in [0.2, 0.25) is 0 Å². The van der Waals surface area contributed by atoms with Crippen molar-refractivity contribution < 1.29 is 19.4 Å². The zero-order chi connectivity index (χ0) is 28.3. The van der Waals surface area contributed by atoms with Gasteiger partial charge in [0.2, 0.25) is 5.91 Å². The Hall–Kier alpha value is -2.97. The molecule has 39 heavy (non-hydrogen) atoms. The number of aliphatic hydroxyl groups excluding tert-OH is 1.